The van der Waals surface area contributed by atoms with Crippen LogP contribution in [0.3, 0.4) is 0 Å². The summed E-state index contributed by atoms with van der Waals surface area (Å²) in [5, 5.41) is 5.90. The molecule has 0 bridgehead atoms. The second-order valence-corrected chi connectivity index (χ2v) is 4.55. The third kappa shape index (κ3) is 2.65. The molecule has 1 N–H and O–H groups in total. The molecule has 0 radical (unpaired) electrons. The minimum Gasteiger partial charge on any atom is -0.296 e. The van der Waals surface area contributed by atoms with Crippen molar-refractivity contribution in [2.75, 3.05) is 0 Å². The van der Waals surface area contributed by atoms with Crippen LogP contribution in [-0.2, 0) is 15.0 Å². The average Bonchev–Trinajstić information content (AvgIpc) is 2.41. The standard InChI is InChI=1S/C13H14N4O2.CH4/c1-2-13(8-7-11(18)15-12(13)19)9-3-5-10(6-4-9)16-17-14;/h3-6H,2,7-8H2,1H3,(H,15,18,19);1H4. The number of carbonyl (C=O) groups excluding carboxylic acids is 2. The van der Waals surface area contributed by atoms with E-state index in [1.54, 1.807) is 24.3 Å². The van der Waals surface area contributed by atoms with Crippen LogP contribution in [0.4, 0.5) is 5.69 Å². The summed E-state index contributed by atoms with van der Waals surface area (Å²) < 4.78 is 0. The van der Waals surface area contributed by atoms with E-state index in [1.165, 1.54) is 0 Å². The summed E-state index contributed by atoms with van der Waals surface area (Å²) in [6.45, 7) is 1.93. The second kappa shape index (κ2) is 6.21. The summed E-state index contributed by atoms with van der Waals surface area (Å²) in [6.07, 6.45) is 1.47. The summed E-state index contributed by atoms with van der Waals surface area (Å²) in [6, 6.07) is 6.91. The number of piperidine rings is 1. The molecule has 0 aliphatic carbocycles. The fourth-order valence-corrected chi connectivity index (χ4v) is 2.46. The van der Waals surface area contributed by atoms with Crippen molar-refractivity contribution in [1.29, 1.82) is 0 Å². The van der Waals surface area contributed by atoms with E-state index >= 15 is 0 Å². The van der Waals surface area contributed by atoms with Gasteiger partial charge < -0.3 is 0 Å². The van der Waals surface area contributed by atoms with Crippen molar-refractivity contribution >= 4 is 17.5 Å². The van der Waals surface area contributed by atoms with Crippen LogP contribution in [0.5, 0.6) is 0 Å². The van der Waals surface area contributed by atoms with Crippen LogP contribution in [-0.4, -0.2) is 11.8 Å². The summed E-state index contributed by atoms with van der Waals surface area (Å²) in [5.41, 5.74) is 9.05. The Bertz CT molecular complexity index is 561. The van der Waals surface area contributed by atoms with Crippen molar-refractivity contribution in [3.05, 3.63) is 40.3 Å². The number of imide groups is 1. The van der Waals surface area contributed by atoms with Gasteiger partial charge in [0.15, 0.2) is 0 Å². The van der Waals surface area contributed by atoms with Gasteiger partial charge in [-0.2, -0.15) is 0 Å². The molecule has 1 aliphatic heterocycles. The first kappa shape index (κ1) is 15.7. The van der Waals surface area contributed by atoms with Crippen molar-refractivity contribution in [2.24, 2.45) is 5.11 Å². The van der Waals surface area contributed by atoms with E-state index < -0.39 is 5.41 Å². The summed E-state index contributed by atoms with van der Waals surface area (Å²) in [4.78, 5) is 26.1. The topological polar surface area (TPSA) is 94.9 Å². The molecule has 1 saturated heterocycles. The van der Waals surface area contributed by atoms with Crippen LogP contribution < -0.4 is 5.32 Å². The van der Waals surface area contributed by atoms with Crippen LogP contribution in [0.1, 0.15) is 39.2 Å². The molecule has 2 amide bonds. The number of hydrogen-bond acceptors (Lipinski definition) is 3. The van der Waals surface area contributed by atoms with Crippen molar-refractivity contribution in [1.82, 2.24) is 5.32 Å². The number of benzene rings is 1. The zero-order chi connectivity index (χ0) is 13.9. The molecule has 6 nitrogen and oxygen atoms in total. The third-order valence-corrected chi connectivity index (χ3v) is 3.65. The number of nitrogens with zero attached hydrogens (tertiary/aromatic N) is 3. The Morgan fingerprint density at radius 1 is 1.35 bits per heavy atom. The van der Waals surface area contributed by atoms with Gasteiger partial charge in [-0.3, -0.25) is 14.9 Å². The van der Waals surface area contributed by atoms with E-state index in [9.17, 15) is 9.59 Å². The third-order valence-electron chi connectivity index (χ3n) is 3.65. The first-order valence-electron chi connectivity index (χ1n) is 6.12. The van der Waals surface area contributed by atoms with E-state index in [0.717, 1.165) is 5.56 Å². The maximum absolute atomic E-state index is 12.2. The van der Waals surface area contributed by atoms with Gasteiger partial charge in [0.1, 0.15) is 0 Å². The SMILES string of the molecule is C.CCC1(c2ccc(N=[N+]=[N-])cc2)CCC(=O)NC1=O. The minimum atomic E-state index is -0.664. The highest BCUT2D eigenvalue weighted by Crippen LogP contribution is 2.36. The fourth-order valence-electron chi connectivity index (χ4n) is 2.46. The molecule has 106 valence electrons. The first-order chi connectivity index (χ1) is 9.12. The predicted octanol–water partition coefficient (Wildman–Crippen LogP) is 3.35. The lowest BCUT2D eigenvalue weighted by atomic mass is 9.72. The van der Waals surface area contributed by atoms with E-state index in [2.05, 4.69) is 15.3 Å². The zero-order valence-electron chi connectivity index (χ0n) is 10.6. The monoisotopic (exact) mass is 274 g/mol. The first-order valence-corrected chi connectivity index (χ1v) is 6.12. The minimum absolute atomic E-state index is 0. The van der Waals surface area contributed by atoms with E-state index in [1.807, 2.05) is 6.92 Å². The second-order valence-electron chi connectivity index (χ2n) is 4.55. The van der Waals surface area contributed by atoms with Gasteiger partial charge in [-0.25, -0.2) is 0 Å². The number of hydrogen-bond donors (Lipinski definition) is 1. The Kier molecular flexibility index (Phi) is 4.88. The van der Waals surface area contributed by atoms with Gasteiger partial charge in [0, 0.05) is 17.0 Å². The molecule has 1 aliphatic rings. The number of carbonyl (C=O) groups is 2. The molecule has 0 saturated carbocycles. The van der Waals surface area contributed by atoms with Gasteiger partial charge in [-0.15, -0.1) is 0 Å². The van der Waals surface area contributed by atoms with Crippen LogP contribution in [0.2, 0.25) is 0 Å². The van der Waals surface area contributed by atoms with E-state index in [0.29, 0.717) is 24.9 Å². The zero-order valence-corrected chi connectivity index (χ0v) is 10.6. The molecule has 0 aromatic heterocycles. The molecule has 1 fully saturated rings. The number of amides is 2. The Morgan fingerprint density at radius 3 is 2.50 bits per heavy atom. The number of azide groups is 1. The van der Waals surface area contributed by atoms with Crippen LogP contribution in [0, 0.1) is 0 Å². The van der Waals surface area contributed by atoms with Gasteiger partial charge >= 0.3 is 0 Å². The predicted molar refractivity (Wildman–Crippen MR) is 76.3 cm³/mol. The summed E-state index contributed by atoms with van der Waals surface area (Å²) in [7, 11) is 0. The van der Waals surface area contributed by atoms with Gasteiger partial charge in [0.05, 0.1) is 5.41 Å². The lowest BCUT2D eigenvalue weighted by Gasteiger charge is -2.34. The molecule has 1 aromatic rings. The highest BCUT2D eigenvalue weighted by atomic mass is 16.2. The Labute approximate surface area is 117 Å². The summed E-state index contributed by atoms with van der Waals surface area (Å²) in [5.74, 6) is -0.470. The molecule has 20 heavy (non-hydrogen) atoms. The largest absolute Gasteiger partial charge is 0.296 e. The lowest BCUT2D eigenvalue weighted by molar-refractivity contribution is -0.138. The van der Waals surface area contributed by atoms with Crippen LogP contribution in [0.25, 0.3) is 10.4 Å². The van der Waals surface area contributed by atoms with Crippen molar-refractivity contribution in [3.8, 4) is 0 Å². The van der Waals surface area contributed by atoms with Crippen LogP contribution in [0.15, 0.2) is 29.4 Å². The molecule has 0 spiro atoms. The van der Waals surface area contributed by atoms with Crippen molar-refractivity contribution < 1.29 is 9.59 Å². The summed E-state index contributed by atoms with van der Waals surface area (Å²) >= 11 is 0. The lowest BCUT2D eigenvalue weighted by Crippen LogP contribution is -2.51. The maximum atomic E-state index is 12.2. The molecule has 1 unspecified atom stereocenters. The number of nitrogens with one attached hydrogen (secondary N) is 1. The molecule has 6 heteroatoms. The molecule has 1 atom stereocenters. The molecule has 2 rings (SSSR count). The van der Waals surface area contributed by atoms with Crippen LogP contribution >= 0.6 is 0 Å². The van der Waals surface area contributed by atoms with E-state index in [-0.39, 0.29) is 19.2 Å². The molecule has 1 heterocycles. The number of rotatable bonds is 3. The molecular weight excluding hydrogens is 256 g/mol. The fraction of sp³-hybridized carbons (Fsp3) is 0.429. The highest BCUT2D eigenvalue weighted by molar-refractivity contribution is 6.03. The Morgan fingerprint density at radius 2 is 2.00 bits per heavy atom. The van der Waals surface area contributed by atoms with Gasteiger partial charge in [0.2, 0.25) is 11.8 Å². The Balaban J connectivity index is 0.00000200. The highest BCUT2D eigenvalue weighted by Gasteiger charge is 2.42. The van der Waals surface area contributed by atoms with Crippen molar-refractivity contribution in [3.63, 3.8) is 0 Å². The molecular formula is C14H18N4O2. The average molecular weight is 274 g/mol. The smallest absolute Gasteiger partial charge is 0.237 e. The maximum Gasteiger partial charge on any atom is 0.237 e. The van der Waals surface area contributed by atoms with Gasteiger partial charge in [-0.1, -0.05) is 43.7 Å². The van der Waals surface area contributed by atoms with Crippen molar-refractivity contribution in [2.45, 2.75) is 39.0 Å². The Hall–Kier alpha value is -2.33. The molecule has 1 aromatic carbocycles. The normalized spacial score (nSPS) is 21.4. The quantitative estimate of drug-likeness (QED) is 0.396. The van der Waals surface area contributed by atoms with Gasteiger partial charge in [0.25, 0.3) is 0 Å². The van der Waals surface area contributed by atoms with E-state index in [4.69, 9.17) is 5.53 Å². The van der Waals surface area contributed by atoms with Gasteiger partial charge in [-0.05, 0) is 23.9 Å².